The zero-order chi connectivity index (χ0) is 19.1. The first-order chi connectivity index (χ1) is 13.0. The van der Waals surface area contributed by atoms with Crippen molar-refractivity contribution in [3.05, 3.63) is 41.4 Å². The number of rotatable bonds is 7. The average Bonchev–Trinajstić information content (AvgIpc) is 2.93. The third kappa shape index (κ3) is 6.04. The van der Waals surface area contributed by atoms with Gasteiger partial charge in [0.2, 0.25) is 5.91 Å². The van der Waals surface area contributed by atoms with Gasteiger partial charge in [-0.2, -0.15) is 0 Å². The van der Waals surface area contributed by atoms with Crippen molar-refractivity contribution in [1.82, 2.24) is 10.3 Å². The van der Waals surface area contributed by atoms with Gasteiger partial charge in [-0.05, 0) is 31.4 Å². The van der Waals surface area contributed by atoms with Crippen molar-refractivity contribution in [2.24, 2.45) is 0 Å². The Morgan fingerprint density at radius 2 is 1.81 bits per heavy atom. The van der Waals surface area contributed by atoms with E-state index in [9.17, 15) is 13.2 Å². The molecule has 3 rings (SSSR count). The van der Waals surface area contributed by atoms with E-state index in [2.05, 4.69) is 15.0 Å². The van der Waals surface area contributed by atoms with E-state index >= 15 is 0 Å². The van der Waals surface area contributed by atoms with E-state index in [1.807, 2.05) is 0 Å². The summed E-state index contributed by atoms with van der Waals surface area (Å²) in [6.07, 6.45) is 7.87. The van der Waals surface area contributed by atoms with Crippen LogP contribution in [0.15, 0.2) is 40.6 Å². The fourth-order valence-corrected chi connectivity index (χ4v) is 5.23. The second-order valence-corrected chi connectivity index (χ2v) is 9.36. The molecule has 1 aromatic heterocycles. The van der Waals surface area contributed by atoms with E-state index in [-0.39, 0.29) is 10.8 Å². The second-order valence-electron chi connectivity index (χ2n) is 6.82. The Labute approximate surface area is 164 Å². The van der Waals surface area contributed by atoms with Gasteiger partial charge >= 0.3 is 0 Å². The fraction of sp³-hybridized carbons (Fsp3) is 0.474. The number of aromatic nitrogens is 1. The van der Waals surface area contributed by atoms with E-state index in [4.69, 9.17) is 0 Å². The number of thiazole rings is 1. The number of hydrogen-bond donors (Lipinski definition) is 2. The number of benzene rings is 1. The summed E-state index contributed by atoms with van der Waals surface area (Å²) in [5, 5.41) is 5.23. The summed E-state index contributed by atoms with van der Waals surface area (Å²) in [5.74, 6) is 0.0429. The standard InChI is InChI=1S/C19H25N3O3S2/c23-18(20-15-8-4-1-2-5-9-15)13-12-16-14-26-19(21-16)22-27(24,25)17-10-6-3-7-11-17/h3,6-7,10-11,14-15H,1-2,4-5,8-9,12-13H2,(H,20,23)(H,21,22). The molecule has 0 saturated heterocycles. The largest absolute Gasteiger partial charge is 0.353 e. The van der Waals surface area contributed by atoms with Crippen LogP contribution in [0.25, 0.3) is 0 Å². The first kappa shape index (κ1) is 19.8. The number of nitrogens with zero attached hydrogens (tertiary/aromatic N) is 1. The van der Waals surface area contributed by atoms with Crippen molar-refractivity contribution in [1.29, 1.82) is 0 Å². The SMILES string of the molecule is O=C(CCc1csc(NS(=O)(=O)c2ccccc2)n1)NC1CCCCCC1. The van der Waals surface area contributed by atoms with E-state index in [1.165, 1.54) is 49.2 Å². The van der Waals surface area contributed by atoms with Gasteiger partial charge in [-0.1, -0.05) is 43.9 Å². The molecule has 27 heavy (non-hydrogen) atoms. The molecule has 1 fully saturated rings. The summed E-state index contributed by atoms with van der Waals surface area (Å²) in [4.78, 5) is 16.7. The van der Waals surface area contributed by atoms with Crippen molar-refractivity contribution in [3.8, 4) is 0 Å². The molecule has 0 spiro atoms. The lowest BCUT2D eigenvalue weighted by Crippen LogP contribution is -2.34. The van der Waals surface area contributed by atoms with Crippen molar-refractivity contribution in [2.45, 2.75) is 62.3 Å². The minimum absolute atomic E-state index is 0.0429. The number of amides is 1. The van der Waals surface area contributed by atoms with Crippen LogP contribution in [0.3, 0.4) is 0 Å². The van der Waals surface area contributed by atoms with Gasteiger partial charge in [0.1, 0.15) is 0 Å². The lowest BCUT2D eigenvalue weighted by Gasteiger charge is -2.15. The predicted molar refractivity (Wildman–Crippen MR) is 107 cm³/mol. The molecule has 2 aromatic rings. The maximum Gasteiger partial charge on any atom is 0.263 e. The molecule has 1 heterocycles. The number of hydrogen-bond acceptors (Lipinski definition) is 5. The number of carbonyl (C=O) groups is 1. The quantitative estimate of drug-likeness (QED) is 0.685. The van der Waals surface area contributed by atoms with Crippen LogP contribution in [0, 0.1) is 0 Å². The monoisotopic (exact) mass is 407 g/mol. The zero-order valence-electron chi connectivity index (χ0n) is 15.2. The first-order valence-electron chi connectivity index (χ1n) is 9.34. The summed E-state index contributed by atoms with van der Waals surface area (Å²) in [7, 11) is -3.64. The second kappa shape index (κ2) is 9.32. The molecule has 0 bridgehead atoms. The highest BCUT2D eigenvalue weighted by atomic mass is 32.2. The van der Waals surface area contributed by atoms with Crippen molar-refractivity contribution in [2.75, 3.05) is 4.72 Å². The Kier molecular flexibility index (Phi) is 6.84. The molecule has 0 aliphatic heterocycles. The Morgan fingerprint density at radius 1 is 1.11 bits per heavy atom. The van der Waals surface area contributed by atoms with E-state index < -0.39 is 10.0 Å². The molecule has 1 aliphatic rings. The Balaban J connectivity index is 1.50. The molecule has 1 aliphatic carbocycles. The van der Waals surface area contributed by atoms with Gasteiger partial charge in [0, 0.05) is 17.8 Å². The minimum atomic E-state index is -3.64. The van der Waals surface area contributed by atoms with Crippen molar-refractivity contribution >= 4 is 32.4 Å². The highest BCUT2D eigenvalue weighted by Gasteiger charge is 2.17. The molecule has 0 radical (unpaired) electrons. The number of anilines is 1. The maximum absolute atomic E-state index is 12.3. The molecular formula is C19H25N3O3S2. The summed E-state index contributed by atoms with van der Waals surface area (Å²) in [6, 6.07) is 8.48. The first-order valence-corrected chi connectivity index (χ1v) is 11.7. The molecule has 0 atom stereocenters. The van der Waals surface area contributed by atoms with Crippen LogP contribution >= 0.6 is 11.3 Å². The van der Waals surface area contributed by atoms with Crippen LogP contribution in [0.1, 0.15) is 50.6 Å². The van der Waals surface area contributed by atoms with E-state index in [1.54, 1.807) is 23.6 Å². The Bertz CT molecular complexity index is 842. The normalized spacial score (nSPS) is 15.9. The van der Waals surface area contributed by atoms with Crippen LogP contribution in [-0.2, 0) is 21.2 Å². The predicted octanol–water partition coefficient (Wildman–Crippen LogP) is 3.72. The van der Waals surface area contributed by atoms with Crippen molar-refractivity contribution < 1.29 is 13.2 Å². The van der Waals surface area contributed by atoms with Gasteiger partial charge in [-0.25, -0.2) is 13.4 Å². The summed E-state index contributed by atoms with van der Waals surface area (Å²) in [5.41, 5.74) is 0.724. The van der Waals surface area contributed by atoms with Crippen LogP contribution in [-0.4, -0.2) is 25.4 Å². The number of carbonyl (C=O) groups excluding carboxylic acids is 1. The highest BCUT2D eigenvalue weighted by molar-refractivity contribution is 7.93. The third-order valence-corrected chi connectivity index (χ3v) is 6.95. The maximum atomic E-state index is 12.3. The van der Waals surface area contributed by atoms with Gasteiger partial charge in [0.25, 0.3) is 10.0 Å². The van der Waals surface area contributed by atoms with E-state index in [0.717, 1.165) is 18.5 Å². The van der Waals surface area contributed by atoms with Crippen molar-refractivity contribution in [3.63, 3.8) is 0 Å². The summed E-state index contributed by atoms with van der Waals surface area (Å²) < 4.78 is 27.1. The van der Waals surface area contributed by atoms with Crippen LogP contribution < -0.4 is 10.0 Å². The van der Waals surface area contributed by atoms with Gasteiger partial charge in [0.05, 0.1) is 10.6 Å². The fourth-order valence-electron chi connectivity index (χ4n) is 3.21. The number of nitrogens with one attached hydrogen (secondary N) is 2. The van der Waals surface area contributed by atoms with Gasteiger partial charge < -0.3 is 5.32 Å². The topological polar surface area (TPSA) is 88.2 Å². The summed E-state index contributed by atoms with van der Waals surface area (Å²) >= 11 is 1.23. The zero-order valence-corrected chi connectivity index (χ0v) is 16.8. The van der Waals surface area contributed by atoms with E-state index in [0.29, 0.717) is 24.0 Å². The van der Waals surface area contributed by atoms with Gasteiger partial charge in [0.15, 0.2) is 5.13 Å². The average molecular weight is 408 g/mol. The Morgan fingerprint density at radius 3 is 2.52 bits per heavy atom. The third-order valence-electron chi connectivity index (χ3n) is 4.66. The molecule has 6 nitrogen and oxygen atoms in total. The minimum Gasteiger partial charge on any atom is -0.353 e. The lowest BCUT2D eigenvalue weighted by atomic mass is 10.1. The molecule has 2 N–H and O–H groups in total. The highest BCUT2D eigenvalue weighted by Crippen LogP contribution is 2.21. The van der Waals surface area contributed by atoms with Gasteiger partial charge in [-0.15, -0.1) is 11.3 Å². The number of aryl methyl sites for hydroxylation is 1. The molecule has 8 heteroatoms. The van der Waals surface area contributed by atoms with Crippen LogP contribution in [0.5, 0.6) is 0 Å². The molecule has 1 saturated carbocycles. The Hall–Kier alpha value is -1.93. The molecule has 0 unspecified atom stereocenters. The van der Waals surface area contributed by atoms with Crippen LogP contribution in [0.4, 0.5) is 5.13 Å². The smallest absolute Gasteiger partial charge is 0.263 e. The lowest BCUT2D eigenvalue weighted by molar-refractivity contribution is -0.121. The molecule has 146 valence electrons. The number of sulfonamides is 1. The molecular weight excluding hydrogens is 382 g/mol. The molecule has 1 aromatic carbocycles. The van der Waals surface area contributed by atoms with Gasteiger partial charge in [-0.3, -0.25) is 9.52 Å². The molecule has 1 amide bonds. The summed E-state index contributed by atoms with van der Waals surface area (Å²) in [6.45, 7) is 0. The van der Waals surface area contributed by atoms with Crippen LogP contribution in [0.2, 0.25) is 0 Å².